The Hall–Kier alpha value is -2.89. The van der Waals surface area contributed by atoms with Crippen molar-refractivity contribution < 1.29 is 23.9 Å². The summed E-state index contributed by atoms with van der Waals surface area (Å²) in [6.45, 7) is 4.99. The lowest BCUT2D eigenvalue weighted by atomic mass is 10.0. The molecule has 0 unspecified atom stereocenters. The first kappa shape index (κ1) is 19.9. The van der Waals surface area contributed by atoms with Crippen LogP contribution in [0.3, 0.4) is 0 Å². The summed E-state index contributed by atoms with van der Waals surface area (Å²) in [5, 5.41) is 0. The number of H-pyrrole nitrogens is 1. The molecular weight excluding hydrogens is 358 g/mol. The number of aromatic amines is 1. The van der Waals surface area contributed by atoms with Crippen LogP contribution in [0.2, 0.25) is 0 Å². The van der Waals surface area contributed by atoms with Crippen molar-refractivity contribution in [3.05, 3.63) is 57.4 Å². The predicted octanol–water partition coefficient (Wildman–Crippen LogP) is 3.27. The molecule has 2 aromatic rings. The second-order valence-electron chi connectivity index (χ2n) is 7.06. The van der Waals surface area contributed by atoms with Crippen molar-refractivity contribution in [3.63, 3.8) is 0 Å². The highest BCUT2D eigenvalue weighted by atomic mass is 16.5. The largest absolute Gasteiger partial charge is 0.462 e. The number of benzene rings is 1. The number of aromatic nitrogens is 1. The average Bonchev–Trinajstić information content (AvgIpc) is 3.23. The Bertz CT molecular complexity index is 925. The van der Waals surface area contributed by atoms with Crippen LogP contribution >= 0.6 is 0 Å². The molecular formula is C22H25NO5. The fraction of sp³-hybridized carbons (Fsp3) is 0.409. The molecule has 148 valence electrons. The van der Waals surface area contributed by atoms with Crippen LogP contribution in [0.1, 0.15) is 62.1 Å². The number of esters is 2. The molecule has 0 bridgehead atoms. The third-order valence-electron chi connectivity index (χ3n) is 5.07. The van der Waals surface area contributed by atoms with Gasteiger partial charge in [-0.25, -0.2) is 4.79 Å². The van der Waals surface area contributed by atoms with Gasteiger partial charge in [-0.3, -0.25) is 9.59 Å². The molecule has 6 heteroatoms. The van der Waals surface area contributed by atoms with Gasteiger partial charge in [-0.1, -0.05) is 18.2 Å². The first-order valence-corrected chi connectivity index (χ1v) is 9.56. The van der Waals surface area contributed by atoms with E-state index in [4.69, 9.17) is 9.47 Å². The van der Waals surface area contributed by atoms with Crippen LogP contribution in [-0.2, 0) is 33.5 Å². The van der Waals surface area contributed by atoms with E-state index in [1.807, 2.05) is 6.07 Å². The normalized spacial score (nSPS) is 12.5. The molecule has 0 amide bonds. The van der Waals surface area contributed by atoms with Gasteiger partial charge < -0.3 is 14.5 Å². The second kappa shape index (κ2) is 8.42. The standard InChI is InChI=1S/C22H25NO5/c1-4-27-22(26)20-13(2)21(23-14(20)3)18(24)12-28-19(25)11-15-8-9-16-6-5-7-17(16)10-15/h8-10,23H,4-7,11-12H2,1-3H3. The molecule has 0 radical (unpaired) electrons. The Balaban J connectivity index is 1.60. The lowest BCUT2D eigenvalue weighted by Crippen LogP contribution is -2.17. The average molecular weight is 383 g/mol. The third kappa shape index (κ3) is 4.16. The Morgan fingerprint density at radius 3 is 2.57 bits per heavy atom. The van der Waals surface area contributed by atoms with Crippen LogP contribution in [0.4, 0.5) is 0 Å². The molecule has 0 saturated heterocycles. The van der Waals surface area contributed by atoms with Gasteiger partial charge in [0.15, 0.2) is 6.61 Å². The quantitative estimate of drug-likeness (QED) is 0.586. The van der Waals surface area contributed by atoms with E-state index in [1.54, 1.807) is 20.8 Å². The maximum Gasteiger partial charge on any atom is 0.340 e. The minimum Gasteiger partial charge on any atom is -0.462 e. The Morgan fingerprint density at radius 1 is 1.07 bits per heavy atom. The zero-order valence-corrected chi connectivity index (χ0v) is 16.5. The number of aryl methyl sites for hydroxylation is 3. The third-order valence-corrected chi connectivity index (χ3v) is 5.07. The number of ether oxygens (including phenoxy) is 2. The van der Waals surface area contributed by atoms with Crippen LogP contribution in [0, 0.1) is 13.8 Å². The molecule has 1 heterocycles. The van der Waals surface area contributed by atoms with Crippen LogP contribution in [0.25, 0.3) is 0 Å². The number of fused-ring (bicyclic) bond motifs is 1. The van der Waals surface area contributed by atoms with Gasteiger partial charge in [0.1, 0.15) is 0 Å². The molecule has 1 aliphatic rings. The molecule has 1 aliphatic carbocycles. The van der Waals surface area contributed by atoms with Crippen molar-refractivity contribution in [2.75, 3.05) is 13.2 Å². The second-order valence-corrected chi connectivity index (χ2v) is 7.06. The molecule has 0 atom stereocenters. The molecule has 1 N–H and O–H groups in total. The van der Waals surface area contributed by atoms with Crippen molar-refractivity contribution in [2.24, 2.45) is 0 Å². The minimum atomic E-state index is -0.471. The number of hydrogen-bond acceptors (Lipinski definition) is 5. The summed E-state index contributed by atoms with van der Waals surface area (Å²) in [5.41, 5.74) is 5.24. The van der Waals surface area contributed by atoms with Crippen molar-refractivity contribution >= 4 is 17.7 Å². The molecule has 0 saturated carbocycles. The van der Waals surface area contributed by atoms with E-state index in [1.165, 1.54) is 11.1 Å². The van der Waals surface area contributed by atoms with E-state index < -0.39 is 11.9 Å². The van der Waals surface area contributed by atoms with E-state index in [2.05, 4.69) is 17.1 Å². The highest BCUT2D eigenvalue weighted by Gasteiger charge is 2.23. The van der Waals surface area contributed by atoms with Crippen molar-refractivity contribution in [1.82, 2.24) is 4.98 Å². The molecule has 0 aliphatic heterocycles. The molecule has 28 heavy (non-hydrogen) atoms. The monoisotopic (exact) mass is 383 g/mol. The fourth-order valence-electron chi connectivity index (χ4n) is 3.71. The molecule has 6 nitrogen and oxygen atoms in total. The summed E-state index contributed by atoms with van der Waals surface area (Å²) in [6.07, 6.45) is 3.43. The molecule has 0 fully saturated rings. The van der Waals surface area contributed by atoms with Crippen LogP contribution < -0.4 is 0 Å². The highest BCUT2D eigenvalue weighted by molar-refractivity contribution is 6.02. The summed E-state index contributed by atoms with van der Waals surface area (Å²) in [7, 11) is 0. The van der Waals surface area contributed by atoms with Gasteiger partial charge in [0.05, 0.1) is 24.3 Å². The van der Waals surface area contributed by atoms with Crippen molar-refractivity contribution in [2.45, 2.75) is 46.5 Å². The number of rotatable bonds is 7. The Labute approximate surface area is 164 Å². The van der Waals surface area contributed by atoms with Crippen LogP contribution in [0.5, 0.6) is 0 Å². The highest BCUT2D eigenvalue weighted by Crippen LogP contribution is 2.23. The van der Waals surface area contributed by atoms with Crippen molar-refractivity contribution in [1.29, 1.82) is 0 Å². The van der Waals surface area contributed by atoms with E-state index in [0.29, 0.717) is 16.8 Å². The van der Waals surface area contributed by atoms with E-state index in [9.17, 15) is 14.4 Å². The van der Waals surface area contributed by atoms with Crippen LogP contribution in [-0.4, -0.2) is 35.9 Å². The first-order valence-electron chi connectivity index (χ1n) is 9.56. The number of hydrogen-bond donors (Lipinski definition) is 1. The minimum absolute atomic E-state index is 0.136. The van der Waals surface area contributed by atoms with Gasteiger partial charge in [-0.05, 0) is 62.3 Å². The molecule has 1 aromatic heterocycles. The van der Waals surface area contributed by atoms with Gasteiger partial charge >= 0.3 is 11.9 Å². The van der Waals surface area contributed by atoms with E-state index >= 15 is 0 Å². The SMILES string of the molecule is CCOC(=O)c1c(C)[nH]c(C(=O)COC(=O)Cc2ccc3c(c2)CCC3)c1C. The van der Waals surface area contributed by atoms with Gasteiger partial charge in [-0.15, -0.1) is 0 Å². The van der Waals surface area contributed by atoms with E-state index in [0.717, 1.165) is 24.8 Å². The maximum atomic E-state index is 12.5. The Kier molecular flexibility index (Phi) is 5.97. The van der Waals surface area contributed by atoms with Crippen molar-refractivity contribution in [3.8, 4) is 0 Å². The first-order chi connectivity index (χ1) is 13.4. The number of nitrogens with one attached hydrogen (secondary N) is 1. The number of ketones is 1. The number of carbonyl (C=O) groups excluding carboxylic acids is 3. The van der Waals surface area contributed by atoms with Gasteiger partial charge in [0.2, 0.25) is 5.78 Å². The summed E-state index contributed by atoms with van der Waals surface area (Å²) in [6, 6.07) is 6.06. The number of Topliss-reactive ketones (excluding diaryl/α,β-unsaturated/α-hetero) is 1. The predicted molar refractivity (Wildman–Crippen MR) is 104 cm³/mol. The smallest absolute Gasteiger partial charge is 0.340 e. The van der Waals surface area contributed by atoms with Gasteiger partial charge in [-0.2, -0.15) is 0 Å². The molecule has 1 aromatic carbocycles. The summed E-state index contributed by atoms with van der Waals surface area (Å²) in [5.74, 6) is -1.29. The van der Waals surface area contributed by atoms with Crippen LogP contribution in [0.15, 0.2) is 18.2 Å². The lowest BCUT2D eigenvalue weighted by Gasteiger charge is -2.06. The van der Waals surface area contributed by atoms with E-state index in [-0.39, 0.29) is 31.1 Å². The topological polar surface area (TPSA) is 85.5 Å². The fourth-order valence-corrected chi connectivity index (χ4v) is 3.71. The summed E-state index contributed by atoms with van der Waals surface area (Å²) in [4.78, 5) is 39.5. The van der Waals surface area contributed by atoms with Gasteiger partial charge in [0, 0.05) is 5.69 Å². The summed E-state index contributed by atoms with van der Waals surface area (Å²) < 4.78 is 10.2. The zero-order valence-electron chi connectivity index (χ0n) is 16.5. The maximum absolute atomic E-state index is 12.5. The number of carbonyl (C=O) groups is 3. The zero-order chi connectivity index (χ0) is 20.3. The molecule has 3 rings (SSSR count). The summed E-state index contributed by atoms with van der Waals surface area (Å²) >= 11 is 0. The lowest BCUT2D eigenvalue weighted by molar-refractivity contribution is -0.141. The molecule has 0 spiro atoms. The Morgan fingerprint density at radius 2 is 1.82 bits per heavy atom. The van der Waals surface area contributed by atoms with Gasteiger partial charge in [0.25, 0.3) is 0 Å².